The van der Waals surface area contributed by atoms with Crippen LogP contribution in [0.1, 0.15) is 41.0 Å². The normalized spacial score (nSPS) is 25.7. The van der Waals surface area contributed by atoms with Gasteiger partial charge in [0, 0.05) is 19.3 Å². The number of fused-ring (bicyclic) bond motifs is 1. The molecule has 0 radical (unpaired) electrons. The first kappa shape index (κ1) is 16.0. The number of rotatable bonds is 3. The van der Waals surface area contributed by atoms with E-state index in [-0.39, 0.29) is 18.1 Å². The molecule has 2 fully saturated rings. The Balaban J connectivity index is 1.46. The zero-order valence-corrected chi connectivity index (χ0v) is 14.3. The number of aromatic nitrogens is 4. The van der Waals surface area contributed by atoms with Crippen LogP contribution >= 0.6 is 0 Å². The van der Waals surface area contributed by atoms with Crippen LogP contribution in [-0.2, 0) is 4.74 Å². The number of hydrogen-bond acceptors (Lipinski definition) is 6. The average Bonchev–Trinajstić information content (AvgIpc) is 3.26. The first-order valence-electron chi connectivity index (χ1n) is 8.48. The van der Waals surface area contributed by atoms with Crippen LogP contribution in [0.15, 0.2) is 18.3 Å². The van der Waals surface area contributed by atoms with Gasteiger partial charge in [-0.2, -0.15) is 5.10 Å². The molecule has 25 heavy (non-hydrogen) atoms. The van der Waals surface area contributed by atoms with Gasteiger partial charge in [0.15, 0.2) is 5.82 Å². The minimum atomic E-state index is -0.0945. The van der Waals surface area contributed by atoms with E-state index in [1.54, 1.807) is 18.3 Å². The van der Waals surface area contributed by atoms with Crippen LogP contribution < -0.4 is 4.74 Å². The summed E-state index contributed by atoms with van der Waals surface area (Å²) in [5, 5.41) is 7.08. The number of amides is 1. The highest BCUT2D eigenvalue weighted by Crippen LogP contribution is 2.40. The van der Waals surface area contributed by atoms with Gasteiger partial charge >= 0.3 is 0 Å². The topological polar surface area (TPSA) is 93.2 Å². The summed E-state index contributed by atoms with van der Waals surface area (Å²) >= 11 is 0. The predicted octanol–water partition coefficient (Wildman–Crippen LogP) is 1.51. The van der Waals surface area contributed by atoms with Crippen LogP contribution in [0.3, 0.4) is 0 Å². The molecule has 0 saturated carbocycles. The molecule has 4 heterocycles. The molecule has 0 spiro atoms. The molecule has 2 aromatic heterocycles. The van der Waals surface area contributed by atoms with Crippen molar-refractivity contribution in [3.63, 3.8) is 0 Å². The molecule has 3 atom stereocenters. The van der Waals surface area contributed by atoms with Crippen LogP contribution in [0, 0.1) is 12.8 Å². The van der Waals surface area contributed by atoms with E-state index >= 15 is 0 Å². The highest BCUT2D eigenvalue weighted by molar-refractivity contribution is 5.96. The highest BCUT2D eigenvalue weighted by atomic mass is 16.5. The average molecular weight is 343 g/mol. The Morgan fingerprint density at radius 1 is 1.48 bits per heavy atom. The molecule has 1 N–H and O–H groups in total. The Kier molecular flexibility index (Phi) is 4.12. The van der Waals surface area contributed by atoms with Crippen LogP contribution in [-0.4, -0.2) is 57.3 Å². The number of hydrogen-bond donors (Lipinski definition) is 1. The van der Waals surface area contributed by atoms with Crippen LogP contribution in [0.4, 0.5) is 0 Å². The summed E-state index contributed by atoms with van der Waals surface area (Å²) in [7, 11) is 1.52. The molecule has 8 nitrogen and oxygen atoms in total. The summed E-state index contributed by atoms with van der Waals surface area (Å²) < 4.78 is 11.4. The Morgan fingerprint density at radius 3 is 3.12 bits per heavy atom. The van der Waals surface area contributed by atoms with E-state index in [0.29, 0.717) is 36.3 Å². The standard InChI is InChI=1S/C17H21N5O3/c1-10-19-15(21-20-10)13-8-11-5-7-22(9-14(11)25-13)17(23)12-4-3-6-18-16(12)24-2/h3-4,6,11,13-14H,5,7-9H2,1-2H3,(H,19,20,21)/t11-,13+,14-/m0/s1. The molecular formula is C17H21N5O3. The predicted molar refractivity (Wildman–Crippen MR) is 88.2 cm³/mol. The van der Waals surface area contributed by atoms with Crippen LogP contribution in [0.2, 0.25) is 0 Å². The molecule has 2 aliphatic heterocycles. The number of aryl methyl sites for hydroxylation is 1. The number of carbonyl (C=O) groups is 1. The summed E-state index contributed by atoms with van der Waals surface area (Å²) in [4.78, 5) is 23.2. The number of carbonyl (C=O) groups excluding carboxylic acids is 1. The van der Waals surface area contributed by atoms with E-state index in [4.69, 9.17) is 9.47 Å². The summed E-state index contributed by atoms with van der Waals surface area (Å²) in [6.07, 6.45) is 3.36. The van der Waals surface area contributed by atoms with Crippen molar-refractivity contribution in [1.29, 1.82) is 0 Å². The number of aromatic amines is 1. The van der Waals surface area contributed by atoms with Crippen molar-refractivity contribution in [3.05, 3.63) is 35.5 Å². The first-order chi connectivity index (χ1) is 12.2. The molecule has 8 heteroatoms. The van der Waals surface area contributed by atoms with Gasteiger partial charge in [-0.05, 0) is 37.8 Å². The van der Waals surface area contributed by atoms with Crippen molar-refractivity contribution in [1.82, 2.24) is 25.1 Å². The lowest BCUT2D eigenvalue weighted by Gasteiger charge is -2.34. The van der Waals surface area contributed by atoms with Gasteiger partial charge in [-0.25, -0.2) is 9.97 Å². The molecule has 2 saturated heterocycles. The molecule has 2 aliphatic rings. The van der Waals surface area contributed by atoms with Crippen molar-refractivity contribution in [2.75, 3.05) is 20.2 Å². The maximum absolute atomic E-state index is 12.8. The number of methoxy groups -OCH3 is 1. The van der Waals surface area contributed by atoms with Gasteiger partial charge in [0.05, 0.1) is 13.2 Å². The third kappa shape index (κ3) is 2.97. The van der Waals surface area contributed by atoms with Gasteiger partial charge in [0.25, 0.3) is 5.91 Å². The van der Waals surface area contributed by atoms with E-state index in [1.165, 1.54) is 7.11 Å². The highest BCUT2D eigenvalue weighted by Gasteiger charge is 2.42. The third-order valence-corrected chi connectivity index (χ3v) is 4.94. The first-order valence-corrected chi connectivity index (χ1v) is 8.48. The molecule has 4 rings (SSSR count). The van der Waals surface area contributed by atoms with Gasteiger partial charge < -0.3 is 14.4 Å². The SMILES string of the molecule is COc1ncccc1C(=O)N1CC[C@H]2C[C@H](c3n[nH]c(C)n3)O[C@H]2C1. The second-order valence-electron chi connectivity index (χ2n) is 6.54. The van der Waals surface area contributed by atoms with Gasteiger partial charge in [-0.15, -0.1) is 0 Å². The number of ether oxygens (including phenoxy) is 2. The van der Waals surface area contributed by atoms with E-state index in [9.17, 15) is 4.79 Å². The molecule has 0 bridgehead atoms. The molecule has 132 valence electrons. The number of piperidine rings is 1. The third-order valence-electron chi connectivity index (χ3n) is 4.94. The minimum Gasteiger partial charge on any atom is -0.480 e. The zero-order chi connectivity index (χ0) is 17.4. The molecule has 1 amide bonds. The lowest BCUT2D eigenvalue weighted by Crippen LogP contribution is -2.45. The maximum atomic E-state index is 12.8. The molecule has 0 aliphatic carbocycles. The van der Waals surface area contributed by atoms with Crippen LogP contribution in [0.5, 0.6) is 5.88 Å². The van der Waals surface area contributed by atoms with E-state index < -0.39 is 0 Å². The summed E-state index contributed by atoms with van der Waals surface area (Å²) in [6, 6.07) is 3.49. The summed E-state index contributed by atoms with van der Waals surface area (Å²) in [6.45, 7) is 3.16. The molecular weight excluding hydrogens is 322 g/mol. The molecule has 0 aromatic carbocycles. The van der Waals surface area contributed by atoms with Gasteiger partial charge in [0.2, 0.25) is 5.88 Å². The monoisotopic (exact) mass is 343 g/mol. The van der Waals surface area contributed by atoms with Crippen molar-refractivity contribution in [3.8, 4) is 5.88 Å². The number of nitrogens with zero attached hydrogens (tertiary/aromatic N) is 4. The molecule has 0 unspecified atom stereocenters. The van der Waals surface area contributed by atoms with Crippen LogP contribution in [0.25, 0.3) is 0 Å². The van der Waals surface area contributed by atoms with Crippen molar-refractivity contribution in [2.24, 2.45) is 5.92 Å². The number of nitrogens with one attached hydrogen (secondary N) is 1. The summed E-state index contributed by atoms with van der Waals surface area (Å²) in [5.41, 5.74) is 0.489. The Labute approximate surface area is 145 Å². The number of H-pyrrole nitrogens is 1. The largest absolute Gasteiger partial charge is 0.480 e. The van der Waals surface area contributed by atoms with E-state index in [1.807, 2.05) is 11.8 Å². The van der Waals surface area contributed by atoms with Crippen molar-refractivity contribution < 1.29 is 14.3 Å². The molecule has 2 aromatic rings. The van der Waals surface area contributed by atoms with Crippen molar-refractivity contribution >= 4 is 5.91 Å². The summed E-state index contributed by atoms with van der Waals surface area (Å²) in [5.74, 6) is 2.22. The lowest BCUT2D eigenvalue weighted by molar-refractivity contribution is -0.00692. The Morgan fingerprint density at radius 2 is 2.36 bits per heavy atom. The zero-order valence-electron chi connectivity index (χ0n) is 14.3. The van der Waals surface area contributed by atoms with E-state index in [0.717, 1.165) is 18.7 Å². The fourth-order valence-corrected chi connectivity index (χ4v) is 3.67. The van der Waals surface area contributed by atoms with Crippen molar-refractivity contribution in [2.45, 2.75) is 32.0 Å². The second-order valence-corrected chi connectivity index (χ2v) is 6.54. The minimum absolute atomic E-state index is 0.0178. The van der Waals surface area contributed by atoms with Gasteiger partial charge in [-0.3, -0.25) is 9.89 Å². The van der Waals surface area contributed by atoms with Gasteiger partial charge in [-0.1, -0.05) is 0 Å². The maximum Gasteiger partial charge on any atom is 0.259 e. The lowest BCUT2D eigenvalue weighted by atomic mass is 9.91. The number of pyridine rings is 1. The fourth-order valence-electron chi connectivity index (χ4n) is 3.67. The number of likely N-dealkylation sites (tertiary alicyclic amines) is 1. The second kappa shape index (κ2) is 6.44. The van der Waals surface area contributed by atoms with E-state index in [2.05, 4.69) is 20.2 Å². The quantitative estimate of drug-likeness (QED) is 0.908. The fraction of sp³-hybridized carbons (Fsp3) is 0.529. The Hall–Kier alpha value is -2.48. The Bertz CT molecular complexity index is 777. The smallest absolute Gasteiger partial charge is 0.259 e. The van der Waals surface area contributed by atoms with Gasteiger partial charge in [0.1, 0.15) is 17.5 Å².